The van der Waals surface area contributed by atoms with Gasteiger partial charge in [-0.2, -0.15) is 0 Å². The molecule has 2 amide bonds. The molecule has 1 aromatic carbocycles. The van der Waals surface area contributed by atoms with Crippen molar-refractivity contribution in [2.75, 3.05) is 23.1 Å². The van der Waals surface area contributed by atoms with Crippen LogP contribution < -0.4 is 16.0 Å². The first kappa shape index (κ1) is 15.2. The minimum atomic E-state index is -0.608. The van der Waals surface area contributed by atoms with Crippen molar-refractivity contribution in [3.8, 4) is 0 Å². The smallest absolute Gasteiger partial charge is 0.412 e. The third kappa shape index (κ3) is 4.44. The van der Waals surface area contributed by atoms with Gasteiger partial charge in [-0.3, -0.25) is 10.1 Å². The third-order valence-electron chi connectivity index (χ3n) is 2.56. The van der Waals surface area contributed by atoms with Crippen LogP contribution in [0.25, 0.3) is 0 Å². The molecular formula is C14H15N5O3. The molecule has 2 aromatic rings. The number of carbonyl (C=O) groups excluding carboxylic acids is 2. The Labute approximate surface area is 126 Å². The summed E-state index contributed by atoms with van der Waals surface area (Å²) in [4.78, 5) is 22.0. The summed E-state index contributed by atoms with van der Waals surface area (Å²) in [5.41, 5.74) is 1.50. The topological polar surface area (TPSA) is 105 Å². The molecule has 0 saturated carbocycles. The summed E-state index contributed by atoms with van der Waals surface area (Å²) in [6.07, 6.45) is -0.608. The molecule has 0 bridgehead atoms. The summed E-state index contributed by atoms with van der Waals surface area (Å²) >= 11 is 0. The zero-order valence-electron chi connectivity index (χ0n) is 12.1. The highest BCUT2D eigenvalue weighted by Crippen LogP contribution is 2.17. The molecule has 8 heteroatoms. The second kappa shape index (κ2) is 7.02. The molecule has 8 nitrogen and oxygen atoms in total. The van der Waals surface area contributed by atoms with Crippen LogP contribution in [-0.2, 0) is 9.53 Å². The zero-order chi connectivity index (χ0) is 15.9. The first-order valence-corrected chi connectivity index (χ1v) is 6.40. The summed E-state index contributed by atoms with van der Waals surface area (Å²) in [6, 6.07) is 10.4. The maximum absolute atomic E-state index is 11.0. The molecule has 1 heterocycles. The van der Waals surface area contributed by atoms with Crippen molar-refractivity contribution in [3.05, 3.63) is 36.4 Å². The van der Waals surface area contributed by atoms with E-state index < -0.39 is 6.09 Å². The summed E-state index contributed by atoms with van der Waals surface area (Å²) in [7, 11) is 1.27. The fraction of sp³-hybridized carbons (Fsp3) is 0.143. The number of benzene rings is 1. The molecule has 0 saturated heterocycles. The van der Waals surface area contributed by atoms with Gasteiger partial charge in [0.05, 0.1) is 7.11 Å². The second-order valence-corrected chi connectivity index (χ2v) is 4.30. The minimum absolute atomic E-state index is 0.125. The van der Waals surface area contributed by atoms with E-state index in [9.17, 15) is 9.59 Å². The molecule has 22 heavy (non-hydrogen) atoms. The average molecular weight is 301 g/mol. The van der Waals surface area contributed by atoms with Gasteiger partial charge >= 0.3 is 6.09 Å². The number of nitrogens with zero attached hydrogens (tertiary/aromatic N) is 2. The van der Waals surface area contributed by atoms with Crippen LogP contribution >= 0.6 is 0 Å². The number of amides is 2. The van der Waals surface area contributed by atoms with Gasteiger partial charge in [-0.05, 0) is 36.4 Å². The highest BCUT2D eigenvalue weighted by atomic mass is 16.5. The molecule has 0 radical (unpaired) electrons. The molecule has 0 fully saturated rings. The van der Waals surface area contributed by atoms with E-state index in [1.54, 1.807) is 36.4 Å². The molecule has 0 spiro atoms. The largest absolute Gasteiger partial charge is 0.453 e. The van der Waals surface area contributed by atoms with Crippen LogP contribution in [0.3, 0.4) is 0 Å². The quantitative estimate of drug-likeness (QED) is 0.800. The van der Waals surface area contributed by atoms with E-state index in [4.69, 9.17) is 0 Å². The number of methoxy groups -OCH3 is 1. The predicted molar refractivity (Wildman–Crippen MR) is 82.1 cm³/mol. The van der Waals surface area contributed by atoms with E-state index in [-0.39, 0.29) is 5.91 Å². The Morgan fingerprint density at radius 3 is 2.05 bits per heavy atom. The van der Waals surface area contributed by atoms with Gasteiger partial charge in [0, 0.05) is 18.3 Å². The molecule has 1 aromatic heterocycles. The Kier molecular flexibility index (Phi) is 4.86. The first-order chi connectivity index (χ1) is 10.6. The van der Waals surface area contributed by atoms with Gasteiger partial charge in [0.2, 0.25) is 5.91 Å². The van der Waals surface area contributed by atoms with Gasteiger partial charge in [-0.1, -0.05) is 0 Å². The average Bonchev–Trinajstić information content (AvgIpc) is 2.50. The summed E-state index contributed by atoms with van der Waals surface area (Å²) in [5.74, 6) is 0.682. The fourth-order valence-electron chi connectivity index (χ4n) is 1.61. The fourth-order valence-corrected chi connectivity index (χ4v) is 1.61. The van der Waals surface area contributed by atoms with Gasteiger partial charge < -0.3 is 15.4 Å². The number of hydrogen-bond acceptors (Lipinski definition) is 6. The number of carbonyl (C=O) groups is 2. The Morgan fingerprint density at radius 2 is 1.50 bits per heavy atom. The molecule has 2 rings (SSSR count). The van der Waals surface area contributed by atoms with E-state index in [2.05, 4.69) is 30.9 Å². The normalized spacial score (nSPS) is 9.73. The van der Waals surface area contributed by atoms with E-state index in [0.29, 0.717) is 17.3 Å². The molecule has 114 valence electrons. The van der Waals surface area contributed by atoms with Crippen molar-refractivity contribution in [1.29, 1.82) is 0 Å². The van der Waals surface area contributed by atoms with Crippen molar-refractivity contribution >= 4 is 35.0 Å². The molecular weight excluding hydrogens is 286 g/mol. The van der Waals surface area contributed by atoms with Crippen molar-refractivity contribution in [3.63, 3.8) is 0 Å². The monoisotopic (exact) mass is 301 g/mol. The van der Waals surface area contributed by atoms with E-state index >= 15 is 0 Å². The van der Waals surface area contributed by atoms with Crippen molar-refractivity contribution < 1.29 is 14.3 Å². The zero-order valence-corrected chi connectivity index (χ0v) is 12.1. The molecule has 0 unspecified atom stereocenters. The Hall–Kier alpha value is -3.16. The Bertz CT molecular complexity index is 655. The molecule has 0 aliphatic carbocycles. The summed E-state index contributed by atoms with van der Waals surface area (Å²) < 4.78 is 4.46. The Balaban J connectivity index is 1.98. The number of nitrogens with one attached hydrogen (secondary N) is 3. The van der Waals surface area contributed by atoms with Gasteiger partial charge in [-0.15, -0.1) is 10.2 Å². The third-order valence-corrected chi connectivity index (χ3v) is 2.56. The molecule has 3 N–H and O–H groups in total. The van der Waals surface area contributed by atoms with Gasteiger partial charge in [0.15, 0.2) is 11.6 Å². The van der Waals surface area contributed by atoms with E-state index in [0.717, 1.165) is 5.69 Å². The minimum Gasteiger partial charge on any atom is -0.453 e. The van der Waals surface area contributed by atoms with Gasteiger partial charge in [-0.25, -0.2) is 4.79 Å². The van der Waals surface area contributed by atoms with Gasteiger partial charge in [0.1, 0.15) is 0 Å². The number of hydrogen-bond donors (Lipinski definition) is 3. The predicted octanol–water partition coefficient (Wildman–Crippen LogP) is 2.36. The number of anilines is 4. The van der Waals surface area contributed by atoms with E-state index in [1.807, 2.05) is 0 Å². The number of ether oxygens (including phenoxy) is 1. The lowest BCUT2D eigenvalue weighted by Gasteiger charge is -2.07. The van der Waals surface area contributed by atoms with Crippen molar-refractivity contribution in [2.45, 2.75) is 6.92 Å². The van der Waals surface area contributed by atoms with Crippen LogP contribution in [0.2, 0.25) is 0 Å². The second-order valence-electron chi connectivity index (χ2n) is 4.30. The number of rotatable bonds is 4. The lowest BCUT2D eigenvalue weighted by molar-refractivity contribution is -0.114. The molecule has 0 atom stereocenters. The molecule has 0 aliphatic rings. The van der Waals surface area contributed by atoms with Crippen LogP contribution in [0, 0.1) is 0 Å². The SMILES string of the molecule is COC(=O)Nc1ccc(Nc2ccc(NC(C)=O)cc2)nn1. The van der Waals surface area contributed by atoms with Crippen LogP contribution in [0.15, 0.2) is 36.4 Å². The van der Waals surface area contributed by atoms with Crippen LogP contribution in [0.5, 0.6) is 0 Å². The van der Waals surface area contributed by atoms with Gasteiger partial charge in [0.25, 0.3) is 0 Å². The Morgan fingerprint density at radius 1 is 0.909 bits per heavy atom. The van der Waals surface area contributed by atoms with Crippen LogP contribution in [0.4, 0.5) is 27.8 Å². The van der Waals surface area contributed by atoms with Crippen molar-refractivity contribution in [1.82, 2.24) is 10.2 Å². The van der Waals surface area contributed by atoms with Crippen molar-refractivity contribution in [2.24, 2.45) is 0 Å². The summed E-state index contributed by atoms with van der Waals surface area (Å²) in [5, 5.41) is 15.9. The number of aromatic nitrogens is 2. The molecule has 0 aliphatic heterocycles. The highest BCUT2D eigenvalue weighted by Gasteiger charge is 2.03. The summed E-state index contributed by atoms with van der Waals surface area (Å²) in [6.45, 7) is 1.45. The first-order valence-electron chi connectivity index (χ1n) is 6.40. The highest BCUT2D eigenvalue weighted by molar-refractivity contribution is 5.88. The maximum atomic E-state index is 11.0. The van der Waals surface area contributed by atoms with Crippen LogP contribution in [-0.4, -0.2) is 29.3 Å². The lowest BCUT2D eigenvalue weighted by atomic mass is 10.2. The van der Waals surface area contributed by atoms with E-state index in [1.165, 1.54) is 14.0 Å². The standard InChI is InChI=1S/C14H15N5O3/c1-9(20)15-10-3-5-11(6-4-10)16-12-7-8-13(19-18-12)17-14(21)22-2/h3-8H,1-2H3,(H,15,20)(H,16,18)(H,17,19,21). The lowest BCUT2D eigenvalue weighted by Crippen LogP contribution is -2.12. The maximum Gasteiger partial charge on any atom is 0.412 e. The van der Waals surface area contributed by atoms with Crippen LogP contribution in [0.1, 0.15) is 6.92 Å².